The predicted octanol–water partition coefficient (Wildman–Crippen LogP) is -0.105. The van der Waals surface area contributed by atoms with Crippen molar-refractivity contribution in [2.75, 3.05) is 43.9 Å². The molecule has 2 heterocycles. The summed E-state index contributed by atoms with van der Waals surface area (Å²) in [6.45, 7) is 6.31. The zero-order valence-electron chi connectivity index (χ0n) is 11.6. The lowest BCUT2D eigenvalue weighted by molar-refractivity contribution is 0.0368. The Balaban J connectivity index is 1.97. The van der Waals surface area contributed by atoms with Gasteiger partial charge >= 0.3 is 0 Å². The highest BCUT2D eigenvalue weighted by Crippen LogP contribution is 2.17. The summed E-state index contributed by atoms with van der Waals surface area (Å²) >= 11 is 0. The molecule has 7 nitrogen and oxygen atoms in total. The molecule has 0 spiro atoms. The van der Waals surface area contributed by atoms with Gasteiger partial charge in [0.25, 0.3) is 5.91 Å². The summed E-state index contributed by atoms with van der Waals surface area (Å²) in [7, 11) is 0. The smallest absolute Gasteiger partial charge is 0.267 e. The Bertz CT molecular complexity index is 474. The number of nitrogens with one attached hydrogen (secondary N) is 1. The van der Waals surface area contributed by atoms with Gasteiger partial charge in [0.05, 0.1) is 18.9 Å². The Morgan fingerprint density at radius 2 is 2.20 bits per heavy atom. The Morgan fingerprint density at radius 3 is 2.85 bits per heavy atom. The van der Waals surface area contributed by atoms with Gasteiger partial charge in [0.15, 0.2) is 0 Å². The summed E-state index contributed by atoms with van der Waals surface area (Å²) in [4.78, 5) is 17.6. The molecule has 1 aromatic rings. The van der Waals surface area contributed by atoms with E-state index in [1.165, 1.54) is 6.07 Å². The van der Waals surface area contributed by atoms with Crippen molar-refractivity contribution in [2.24, 2.45) is 5.73 Å². The maximum Gasteiger partial charge on any atom is 0.267 e. The van der Waals surface area contributed by atoms with Crippen LogP contribution in [0.2, 0.25) is 0 Å². The first kappa shape index (κ1) is 14.5. The molecule has 0 bridgehead atoms. The van der Waals surface area contributed by atoms with Gasteiger partial charge in [-0.25, -0.2) is 4.98 Å². The fourth-order valence-corrected chi connectivity index (χ4v) is 2.17. The van der Waals surface area contributed by atoms with Crippen molar-refractivity contribution in [2.45, 2.75) is 13.0 Å². The van der Waals surface area contributed by atoms with Gasteiger partial charge < -0.3 is 21.5 Å². The van der Waals surface area contributed by atoms with Gasteiger partial charge in [-0.15, -0.1) is 0 Å². The summed E-state index contributed by atoms with van der Waals surface area (Å²) in [5, 5.41) is 3.23. The third-order valence-electron chi connectivity index (χ3n) is 3.20. The van der Waals surface area contributed by atoms with Crippen LogP contribution in [0.1, 0.15) is 17.4 Å². The van der Waals surface area contributed by atoms with E-state index in [9.17, 15) is 4.79 Å². The van der Waals surface area contributed by atoms with Crippen molar-refractivity contribution in [3.05, 3.63) is 17.8 Å². The number of carbonyl (C=O) groups is 1. The number of nitrogens with two attached hydrogens (primary N) is 2. The molecule has 1 unspecified atom stereocenters. The van der Waals surface area contributed by atoms with E-state index in [-0.39, 0.29) is 11.7 Å². The number of anilines is 2. The number of ether oxygens (including phenoxy) is 1. The molecule has 1 aliphatic heterocycles. The van der Waals surface area contributed by atoms with E-state index in [2.05, 4.69) is 15.2 Å². The number of nitrogens with zero attached hydrogens (tertiary/aromatic N) is 2. The number of hydrogen-bond acceptors (Lipinski definition) is 6. The topological polar surface area (TPSA) is 106 Å². The number of amides is 1. The third kappa shape index (κ3) is 3.82. The molecular formula is C13H21N5O2. The molecule has 1 saturated heterocycles. The van der Waals surface area contributed by atoms with E-state index in [4.69, 9.17) is 16.2 Å². The number of morpholine rings is 1. The SMILES string of the molecule is CC(CN1CCOCC1)Nc1nc(C(N)=O)ccc1N. The maximum absolute atomic E-state index is 11.1. The Hall–Kier alpha value is -1.86. The zero-order chi connectivity index (χ0) is 14.5. The van der Waals surface area contributed by atoms with Crippen molar-refractivity contribution in [1.29, 1.82) is 0 Å². The standard InChI is InChI=1S/C13H21N5O2/c1-9(8-18-4-6-20-7-5-18)16-13-10(14)2-3-11(17-13)12(15)19/h2-3,9H,4-8,14H2,1H3,(H2,15,19)(H,16,17). The van der Waals surface area contributed by atoms with Crippen molar-refractivity contribution >= 4 is 17.4 Å². The fourth-order valence-electron chi connectivity index (χ4n) is 2.17. The van der Waals surface area contributed by atoms with E-state index < -0.39 is 5.91 Å². The number of aromatic nitrogens is 1. The molecule has 0 aliphatic carbocycles. The minimum Gasteiger partial charge on any atom is -0.396 e. The highest BCUT2D eigenvalue weighted by Gasteiger charge is 2.15. The van der Waals surface area contributed by atoms with Crippen LogP contribution in [0.25, 0.3) is 0 Å². The molecule has 0 aromatic carbocycles. The second kappa shape index (κ2) is 6.53. The predicted molar refractivity (Wildman–Crippen MR) is 77.5 cm³/mol. The Kier molecular flexibility index (Phi) is 4.75. The number of carbonyl (C=O) groups excluding carboxylic acids is 1. The van der Waals surface area contributed by atoms with Gasteiger partial charge in [0, 0.05) is 25.7 Å². The first-order chi connectivity index (χ1) is 9.56. The van der Waals surface area contributed by atoms with Gasteiger partial charge in [-0.1, -0.05) is 0 Å². The molecule has 0 radical (unpaired) electrons. The lowest BCUT2D eigenvalue weighted by Crippen LogP contribution is -2.42. The number of nitrogen functional groups attached to an aromatic ring is 1. The van der Waals surface area contributed by atoms with Gasteiger partial charge in [0.2, 0.25) is 0 Å². The molecule has 7 heteroatoms. The highest BCUT2D eigenvalue weighted by atomic mass is 16.5. The molecule has 1 fully saturated rings. The minimum absolute atomic E-state index is 0.158. The third-order valence-corrected chi connectivity index (χ3v) is 3.20. The number of hydrogen-bond donors (Lipinski definition) is 3. The number of primary amides is 1. The van der Waals surface area contributed by atoms with Crippen LogP contribution in [0.15, 0.2) is 12.1 Å². The second-order valence-corrected chi connectivity index (χ2v) is 4.96. The summed E-state index contributed by atoms with van der Waals surface area (Å²) in [6.07, 6.45) is 0. The van der Waals surface area contributed by atoms with Gasteiger partial charge in [-0.05, 0) is 19.1 Å². The van der Waals surface area contributed by atoms with E-state index in [0.717, 1.165) is 32.8 Å². The number of pyridine rings is 1. The first-order valence-electron chi connectivity index (χ1n) is 6.69. The molecule has 1 amide bonds. The molecule has 0 saturated carbocycles. The van der Waals surface area contributed by atoms with Crippen LogP contribution in [-0.4, -0.2) is 54.7 Å². The van der Waals surface area contributed by atoms with Crippen LogP contribution in [0.5, 0.6) is 0 Å². The van der Waals surface area contributed by atoms with Crippen LogP contribution in [0.3, 0.4) is 0 Å². The highest BCUT2D eigenvalue weighted by molar-refractivity contribution is 5.91. The quantitative estimate of drug-likeness (QED) is 0.694. The molecule has 5 N–H and O–H groups in total. The van der Waals surface area contributed by atoms with Crippen LogP contribution in [-0.2, 0) is 4.74 Å². The van der Waals surface area contributed by atoms with Crippen molar-refractivity contribution in [3.8, 4) is 0 Å². The Labute approximate surface area is 118 Å². The van der Waals surface area contributed by atoms with E-state index >= 15 is 0 Å². The average molecular weight is 279 g/mol. The van der Waals surface area contributed by atoms with Crippen LogP contribution < -0.4 is 16.8 Å². The van der Waals surface area contributed by atoms with Crippen molar-refractivity contribution < 1.29 is 9.53 Å². The summed E-state index contributed by atoms with van der Waals surface area (Å²) < 4.78 is 5.31. The maximum atomic E-state index is 11.1. The number of rotatable bonds is 5. The molecule has 2 rings (SSSR count). The van der Waals surface area contributed by atoms with E-state index in [0.29, 0.717) is 11.5 Å². The van der Waals surface area contributed by atoms with Gasteiger partial charge in [-0.3, -0.25) is 9.69 Å². The van der Waals surface area contributed by atoms with Crippen LogP contribution in [0, 0.1) is 0 Å². The van der Waals surface area contributed by atoms with E-state index in [1.54, 1.807) is 6.07 Å². The van der Waals surface area contributed by atoms with Crippen molar-refractivity contribution in [1.82, 2.24) is 9.88 Å². The first-order valence-corrected chi connectivity index (χ1v) is 6.69. The lowest BCUT2D eigenvalue weighted by Gasteiger charge is -2.29. The van der Waals surface area contributed by atoms with Crippen LogP contribution >= 0.6 is 0 Å². The fraction of sp³-hybridized carbons (Fsp3) is 0.538. The summed E-state index contributed by atoms with van der Waals surface area (Å²) in [5.41, 5.74) is 11.8. The average Bonchev–Trinajstić information content (AvgIpc) is 2.42. The summed E-state index contributed by atoms with van der Waals surface area (Å²) in [6, 6.07) is 3.32. The van der Waals surface area contributed by atoms with Crippen molar-refractivity contribution in [3.63, 3.8) is 0 Å². The van der Waals surface area contributed by atoms with E-state index in [1.807, 2.05) is 6.92 Å². The minimum atomic E-state index is -0.561. The largest absolute Gasteiger partial charge is 0.396 e. The van der Waals surface area contributed by atoms with Gasteiger partial charge in [-0.2, -0.15) is 0 Å². The second-order valence-electron chi connectivity index (χ2n) is 4.96. The zero-order valence-corrected chi connectivity index (χ0v) is 11.6. The Morgan fingerprint density at radius 1 is 1.50 bits per heavy atom. The normalized spacial score (nSPS) is 17.6. The molecular weight excluding hydrogens is 258 g/mol. The molecule has 20 heavy (non-hydrogen) atoms. The summed E-state index contributed by atoms with van der Waals surface area (Å²) in [5.74, 6) is -0.0593. The van der Waals surface area contributed by atoms with Gasteiger partial charge in [0.1, 0.15) is 11.5 Å². The molecule has 1 aliphatic rings. The monoisotopic (exact) mass is 279 g/mol. The molecule has 110 valence electrons. The molecule has 1 atom stereocenters. The lowest BCUT2D eigenvalue weighted by atomic mass is 10.2. The van der Waals surface area contributed by atoms with Crippen LogP contribution in [0.4, 0.5) is 11.5 Å². The molecule has 1 aromatic heterocycles.